The molecular formula is C16H18ClN3S. The van der Waals surface area contributed by atoms with E-state index in [1.165, 1.54) is 16.0 Å². The van der Waals surface area contributed by atoms with Gasteiger partial charge in [0.25, 0.3) is 0 Å². The fraction of sp³-hybridized carbons (Fsp3) is 0.250. The van der Waals surface area contributed by atoms with E-state index in [1.54, 1.807) is 17.7 Å². The van der Waals surface area contributed by atoms with Gasteiger partial charge in [-0.1, -0.05) is 19.1 Å². The highest BCUT2D eigenvalue weighted by Gasteiger charge is 2.11. The molecule has 0 spiro atoms. The van der Waals surface area contributed by atoms with E-state index in [1.807, 2.05) is 0 Å². The first kappa shape index (κ1) is 15.7. The molecule has 0 aliphatic carbocycles. The second-order valence-electron chi connectivity index (χ2n) is 4.86. The summed E-state index contributed by atoms with van der Waals surface area (Å²) in [4.78, 5) is 11.1. The zero-order valence-electron chi connectivity index (χ0n) is 12.3. The summed E-state index contributed by atoms with van der Waals surface area (Å²) in [6, 6.07) is 8.49. The third-order valence-electron chi connectivity index (χ3n) is 3.59. The Balaban J connectivity index is 0.00000161. The smallest absolute Gasteiger partial charge is 0.142 e. The van der Waals surface area contributed by atoms with Gasteiger partial charge in [0.15, 0.2) is 0 Å². The van der Waals surface area contributed by atoms with E-state index in [2.05, 4.69) is 60.3 Å². The van der Waals surface area contributed by atoms with Crippen LogP contribution in [0, 0.1) is 13.8 Å². The minimum Gasteiger partial charge on any atom is -0.340 e. The predicted molar refractivity (Wildman–Crippen MR) is 93.2 cm³/mol. The van der Waals surface area contributed by atoms with Gasteiger partial charge in [-0.15, -0.1) is 23.7 Å². The van der Waals surface area contributed by atoms with Crippen molar-refractivity contribution in [3.8, 4) is 0 Å². The van der Waals surface area contributed by atoms with Crippen molar-refractivity contribution in [3.63, 3.8) is 0 Å². The number of nitrogens with zero attached hydrogens (tertiary/aromatic N) is 2. The molecule has 3 aromatic rings. The van der Waals surface area contributed by atoms with Gasteiger partial charge >= 0.3 is 0 Å². The number of thiophene rings is 1. The zero-order chi connectivity index (χ0) is 14.1. The molecule has 21 heavy (non-hydrogen) atoms. The first-order valence-electron chi connectivity index (χ1n) is 6.75. The van der Waals surface area contributed by atoms with Gasteiger partial charge in [-0.3, -0.25) is 0 Å². The molecule has 0 saturated carbocycles. The van der Waals surface area contributed by atoms with Gasteiger partial charge < -0.3 is 5.32 Å². The molecule has 0 aliphatic heterocycles. The van der Waals surface area contributed by atoms with Gasteiger partial charge in [0, 0.05) is 10.6 Å². The maximum absolute atomic E-state index is 4.40. The molecule has 110 valence electrons. The lowest BCUT2D eigenvalue weighted by molar-refractivity contribution is 1.14. The van der Waals surface area contributed by atoms with Crippen LogP contribution in [0.4, 0.5) is 11.5 Å². The molecule has 0 saturated heterocycles. The number of rotatable bonds is 3. The highest BCUT2D eigenvalue weighted by atomic mass is 35.5. The maximum Gasteiger partial charge on any atom is 0.142 e. The molecule has 0 unspecified atom stereocenters. The average Bonchev–Trinajstić information content (AvgIpc) is 2.76. The SMILES string of the molecule is CCc1ccc(Nc2ncnc3sc(C)c(C)c23)cc1.Cl. The topological polar surface area (TPSA) is 37.8 Å². The summed E-state index contributed by atoms with van der Waals surface area (Å²) in [6.07, 6.45) is 2.68. The fourth-order valence-electron chi connectivity index (χ4n) is 2.24. The first-order valence-corrected chi connectivity index (χ1v) is 7.57. The van der Waals surface area contributed by atoms with E-state index < -0.39 is 0 Å². The summed E-state index contributed by atoms with van der Waals surface area (Å²) in [6.45, 7) is 6.41. The maximum atomic E-state index is 4.40. The molecule has 0 atom stereocenters. The Hall–Kier alpha value is -1.65. The van der Waals surface area contributed by atoms with E-state index >= 15 is 0 Å². The minimum atomic E-state index is 0. The lowest BCUT2D eigenvalue weighted by Gasteiger charge is -2.08. The Morgan fingerprint density at radius 1 is 1.10 bits per heavy atom. The Kier molecular flexibility index (Phi) is 4.80. The van der Waals surface area contributed by atoms with Crippen LogP contribution >= 0.6 is 23.7 Å². The molecule has 0 amide bonds. The van der Waals surface area contributed by atoms with E-state index in [0.29, 0.717) is 0 Å². The van der Waals surface area contributed by atoms with Gasteiger partial charge in [0.05, 0.1) is 5.39 Å². The monoisotopic (exact) mass is 319 g/mol. The molecule has 1 N–H and O–H groups in total. The molecule has 5 heteroatoms. The van der Waals surface area contributed by atoms with Gasteiger partial charge in [0.1, 0.15) is 17.0 Å². The van der Waals surface area contributed by atoms with Crippen molar-refractivity contribution in [2.24, 2.45) is 0 Å². The number of benzene rings is 1. The molecule has 0 radical (unpaired) electrons. The summed E-state index contributed by atoms with van der Waals surface area (Å²) in [5.41, 5.74) is 3.66. The summed E-state index contributed by atoms with van der Waals surface area (Å²) in [5, 5.41) is 4.54. The van der Waals surface area contributed by atoms with Crippen LogP contribution < -0.4 is 5.32 Å². The second kappa shape index (κ2) is 6.41. The van der Waals surface area contributed by atoms with Crippen LogP contribution in [0.5, 0.6) is 0 Å². The highest BCUT2D eigenvalue weighted by molar-refractivity contribution is 7.18. The average molecular weight is 320 g/mol. The van der Waals surface area contributed by atoms with Gasteiger partial charge in [0.2, 0.25) is 0 Å². The third-order valence-corrected chi connectivity index (χ3v) is 4.71. The van der Waals surface area contributed by atoms with Crippen LogP contribution in [-0.4, -0.2) is 9.97 Å². The Bertz CT molecular complexity index is 750. The van der Waals surface area contributed by atoms with Crippen LogP contribution in [-0.2, 0) is 6.42 Å². The van der Waals surface area contributed by atoms with Crippen molar-refractivity contribution in [1.29, 1.82) is 0 Å². The number of hydrogen-bond donors (Lipinski definition) is 1. The van der Waals surface area contributed by atoms with E-state index in [-0.39, 0.29) is 12.4 Å². The fourth-order valence-corrected chi connectivity index (χ4v) is 3.23. The van der Waals surface area contributed by atoms with Gasteiger partial charge in [-0.05, 0) is 43.5 Å². The molecule has 2 heterocycles. The zero-order valence-corrected chi connectivity index (χ0v) is 13.9. The third kappa shape index (κ3) is 3.01. The number of aromatic nitrogens is 2. The first-order chi connectivity index (χ1) is 9.69. The molecular weight excluding hydrogens is 302 g/mol. The van der Waals surface area contributed by atoms with E-state index in [9.17, 15) is 0 Å². The quantitative estimate of drug-likeness (QED) is 0.735. The van der Waals surface area contributed by atoms with Crippen LogP contribution in [0.3, 0.4) is 0 Å². The molecule has 3 nitrogen and oxygen atoms in total. The standard InChI is InChI=1S/C16H17N3S.ClH/c1-4-12-5-7-13(8-6-12)19-15-14-10(2)11(3)20-16(14)18-9-17-15;/h5-9H,4H2,1-3H3,(H,17,18,19);1H. The Labute approximate surface area is 134 Å². The second-order valence-corrected chi connectivity index (χ2v) is 6.06. The number of aryl methyl sites for hydroxylation is 3. The van der Waals surface area contributed by atoms with Crippen LogP contribution in [0.1, 0.15) is 22.9 Å². The molecule has 2 aromatic heterocycles. The lowest BCUT2D eigenvalue weighted by atomic mass is 10.1. The van der Waals surface area contributed by atoms with Crippen molar-refractivity contribution in [2.75, 3.05) is 5.32 Å². The van der Waals surface area contributed by atoms with Crippen molar-refractivity contribution >= 4 is 45.5 Å². The molecule has 0 fully saturated rings. The van der Waals surface area contributed by atoms with Gasteiger partial charge in [-0.25, -0.2) is 9.97 Å². The van der Waals surface area contributed by atoms with Crippen LogP contribution in [0.25, 0.3) is 10.2 Å². The summed E-state index contributed by atoms with van der Waals surface area (Å²) in [7, 11) is 0. The number of nitrogens with one attached hydrogen (secondary N) is 1. The van der Waals surface area contributed by atoms with Gasteiger partial charge in [-0.2, -0.15) is 0 Å². The van der Waals surface area contributed by atoms with Crippen molar-refractivity contribution in [2.45, 2.75) is 27.2 Å². The molecule has 1 aromatic carbocycles. The summed E-state index contributed by atoms with van der Waals surface area (Å²) < 4.78 is 0. The summed E-state index contributed by atoms with van der Waals surface area (Å²) in [5.74, 6) is 0.890. The largest absolute Gasteiger partial charge is 0.340 e. The highest BCUT2D eigenvalue weighted by Crippen LogP contribution is 2.33. The number of anilines is 2. The minimum absolute atomic E-state index is 0. The van der Waals surface area contributed by atoms with Crippen LogP contribution in [0.2, 0.25) is 0 Å². The van der Waals surface area contributed by atoms with Crippen LogP contribution in [0.15, 0.2) is 30.6 Å². The van der Waals surface area contributed by atoms with Crippen molar-refractivity contribution in [1.82, 2.24) is 9.97 Å². The lowest BCUT2D eigenvalue weighted by Crippen LogP contribution is -1.95. The Morgan fingerprint density at radius 3 is 2.48 bits per heavy atom. The number of fused-ring (bicyclic) bond motifs is 1. The summed E-state index contributed by atoms with van der Waals surface area (Å²) >= 11 is 1.72. The predicted octanol–water partition coefficient (Wildman–Crippen LogP) is 5.04. The van der Waals surface area contributed by atoms with E-state index in [0.717, 1.165) is 28.1 Å². The normalized spacial score (nSPS) is 10.4. The van der Waals surface area contributed by atoms with E-state index in [4.69, 9.17) is 0 Å². The van der Waals surface area contributed by atoms with Crippen molar-refractivity contribution in [3.05, 3.63) is 46.6 Å². The molecule has 0 aliphatic rings. The number of hydrogen-bond acceptors (Lipinski definition) is 4. The van der Waals surface area contributed by atoms with Crippen molar-refractivity contribution < 1.29 is 0 Å². The number of halogens is 1. The molecule has 0 bridgehead atoms. The molecule has 3 rings (SSSR count). The Morgan fingerprint density at radius 2 is 1.81 bits per heavy atom.